The van der Waals surface area contributed by atoms with Crippen molar-refractivity contribution in [3.05, 3.63) is 60.4 Å². The number of halogens is 3. The summed E-state index contributed by atoms with van der Waals surface area (Å²) in [6, 6.07) is 4.19. The zero-order valence-corrected chi connectivity index (χ0v) is 30.1. The lowest BCUT2D eigenvalue weighted by Crippen LogP contribution is -2.59. The van der Waals surface area contributed by atoms with Gasteiger partial charge in [-0.2, -0.15) is 13.2 Å². The zero-order chi connectivity index (χ0) is 37.4. The van der Waals surface area contributed by atoms with Crippen LogP contribution in [0.5, 0.6) is 0 Å². The Labute approximate surface area is 294 Å². The Morgan fingerprint density at radius 3 is 2.18 bits per heavy atom. The SMILES string of the molecule is C=CCNC(=O)C(=O)C(CCC(F)(F)F)NC(=O)C1[C@@H](C(C)C)CCN1C(=O)C(NC(=C)NC(COC)C(C)(C)C)C1Cc2ccccc2C1. The van der Waals surface area contributed by atoms with E-state index in [1.54, 1.807) is 7.11 Å². The fraction of sp³-hybridized carbons (Fsp3) is 0.622. The highest BCUT2D eigenvalue weighted by atomic mass is 19.4. The summed E-state index contributed by atoms with van der Waals surface area (Å²) in [5.74, 6) is -3.65. The normalized spacial score (nSPS) is 19.7. The third-order valence-electron chi connectivity index (χ3n) is 9.71. The maximum atomic E-state index is 14.7. The molecule has 4 N–H and O–H groups in total. The molecule has 10 nitrogen and oxygen atoms in total. The van der Waals surface area contributed by atoms with Crippen molar-refractivity contribution in [3.63, 3.8) is 0 Å². The molecule has 1 fully saturated rings. The number of rotatable bonds is 17. The summed E-state index contributed by atoms with van der Waals surface area (Å²) < 4.78 is 45.2. The smallest absolute Gasteiger partial charge is 0.383 e. The zero-order valence-electron chi connectivity index (χ0n) is 30.1. The molecule has 1 aliphatic carbocycles. The number of nitrogens with zero attached hydrogens (tertiary/aromatic N) is 1. The number of amides is 3. The maximum Gasteiger partial charge on any atom is 0.389 e. The van der Waals surface area contributed by atoms with Crippen molar-refractivity contribution in [2.24, 2.45) is 23.2 Å². The molecule has 0 radical (unpaired) electrons. The van der Waals surface area contributed by atoms with Crippen molar-refractivity contribution in [1.82, 2.24) is 26.2 Å². The average molecular weight is 706 g/mol. The molecule has 1 aliphatic heterocycles. The van der Waals surface area contributed by atoms with Crippen LogP contribution in [0, 0.1) is 23.2 Å². The molecule has 278 valence electrons. The van der Waals surface area contributed by atoms with Crippen LogP contribution in [-0.4, -0.2) is 85.6 Å². The third-order valence-corrected chi connectivity index (χ3v) is 9.71. The predicted octanol–water partition coefficient (Wildman–Crippen LogP) is 4.05. The van der Waals surface area contributed by atoms with E-state index in [1.807, 2.05) is 38.1 Å². The molecule has 0 aromatic heterocycles. The second kappa shape index (κ2) is 17.4. The summed E-state index contributed by atoms with van der Waals surface area (Å²) in [6.07, 6.45) is -3.82. The van der Waals surface area contributed by atoms with Gasteiger partial charge in [-0.05, 0) is 60.0 Å². The van der Waals surface area contributed by atoms with Gasteiger partial charge in [0.1, 0.15) is 12.1 Å². The van der Waals surface area contributed by atoms with Crippen LogP contribution in [0.1, 0.15) is 65.0 Å². The van der Waals surface area contributed by atoms with Crippen LogP contribution in [-0.2, 0) is 36.8 Å². The number of Topliss-reactive ketones (excluding diaryl/α,β-unsaturated/α-hetero) is 1. The first-order valence-corrected chi connectivity index (χ1v) is 17.3. The monoisotopic (exact) mass is 705 g/mol. The number of hydrogen-bond acceptors (Lipinski definition) is 7. The minimum absolute atomic E-state index is 0.0770. The lowest BCUT2D eigenvalue weighted by Gasteiger charge is -2.37. The number of carbonyl (C=O) groups excluding carboxylic acids is 4. The highest BCUT2D eigenvalue weighted by molar-refractivity contribution is 6.38. The molecule has 1 saturated heterocycles. The maximum absolute atomic E-state index is 14.7. The van der Waals surface area contributed by atoms with Crippen LogP contribution in [0.4, 0.5) is 13.2 Å². The van der Waals surface area contributed by atoms with Crippen molar-refractivity contribution in [3.8, 4) is 0 Å². The Kier molecular flexibility index (Phi) is 14.1. The second-order valence-electron chi connectivity index (χ2n) is 14.8. The van der Waals surface area contributed by atoms with E-state index in [4.69, 9.17) is 4.74 Å². The fourth-order valence-electron chi connectivity index (χ4n) is 6.84. The van der Waals surface area contributed by atoms with Crippen molar-refractivity contribution in [2.45, 2.75) is 97.1 Å². The number of benzene rings is 1. The largest absolute Gasteiger partial charge is 0.389 e. The number of fused-ring (bicyclic) bond motifs is 1. The summed E-state index contributed by atoms with van der Waals surface area (Å²) >= 11 is 0. The van der Waals surface area contributed by atoms with Crippen molar-refractivity contribution in [2.75, 3.05) is 26.8 Å². The van der Waals surface area contributed by atoms with Gasteiger partial charge in [0.15, 0.2) is 0 Å². The molecule has 1 heterocycles. The first-order chi connectivity index (χ1) is 23.4. The van der Waals surface area contributed by atoms with Crippen molar-refractivity contribution in [1.29, 1.82) is 0 Å². The molecule has 1 aromatic carbocycles. The van der Waals surface area contributed by atoms with Gasteiger partial charge in [-0.1, -0.05) is 71.5 Å². The number of methoxy groups -OCH3 is 1. The first kappa shape index (κ1) is 40.6. The Morgan fingerprint density at radius 2 is 1.66 bits per heavy atom. The molecule has 0 spiro atoms. The van der Waals surface area contributed by atoms with Gasteiger partial charge in [0, 0.05) is 26.6 Å². The number of ketones is 1. The Bertz CT molecular complexity index is 1370. The highest BCUT2D eigenvalue weighted by Crippen LogP contribution is 2.35. The lowest BCUT2D eigenvalue weighted by molar-refractivity contribution is -0.147. The Morgan fingerprint density at radius 1 is 1.04 bits per heavy atom. The van der Waals surface area contributed by atoms with Crippen LogP contribution < -0.4 is 21.3 Å². The lowest BCUT2D eigenvalue weighted by atomic mass is 9.87. The summed E-state index contributed by atoms with van der Waals surface area (Å²) in [4.78, 5) is 55.8. The fourth-order valence-corrected chi connectivity index (χ4v) is 6.84. The van der Waals surface area contributed by atoms with Gasteiger partial charge in [-0.3, -0.25) is 19.2 Å². The van der Waals surface area contributed by atoms with E-state index in [2.05, 4.69) is 55.2 Å². The minimum atomic E-state index is -4.62. The highest BCUT2D eigenvalue weighted by Gasteiger charge is 2.47. The molecule has 3 rings (SSSR count). The average Bonchev–Trinajstić information content (AvgIpc) is 3.68. The quantitative estimate of drug-likeness (QED) is 0.142. The van der Waals surface area contributed by atoms with E-state index < -0.39 is 54.7 Å². The summed E-state index contributed by atoms with van der Waals surface area (Å²) in [5.41, 5.74) is 2.04. The van der Waals surface area contributed by atoms with Crippen LogP contribution in [0.2, 0.25) is 0 Å². The van der Waals surface area contributed by atoms with E-state index in [0.717, 1.165) is 11.1 Å². The van der Waals surface area contributed by atoms with Gasteiger partial charge >= 0.3 is 6.18 Å². The summed E-state index contributed by atoms with van der Waals surface area (Å²) in [6.45, 7) is 18.2. The van der Waals surface area contributed by atoms with E-state index in [-0.39, 0.29) is 48.2 Å². The number of carbonyl (C=O) groups is 4. The molecular formula is C37H54F3N5O5. The molecule has 3 amide bonds. The minimum Gasteiger partial charge on any atom is -0.383 e. The molecular weight excluding hydrogens is 651 g/mol. The Balaban J connectivity index is 1.94. The van der Waals surface area contributed by atoms with Crippen LogP contribution in [0.25, 0.3) is 0 Å². The van der Waals surface area contributed by atoms with Gasteiger partial charge < -0.3 is 30.9 Å². The van der Waals surface area contributed by atoms with E-state index in [1.165, 1.54) is 11.0 Å². The molecule has 13 heteroatoms. The topological polar surface area (TPSA) is 129 Å². The molecule has 1 aromatic rings. The third kappa shape index (κ3) is 10.8. The Hall–Kier alpha value is -3.87. The van der Waals surface area contributed by atoms with E-state index in [9.17, 15) is 32.3 Å². The van der Waals surface area contributed by atoms with Crippen LogP contribution in [0.15, 0.2) is 49.3 Å². The number of likely N-dealkylation sites (tertiary alicyclic amines) is 1. The van der Waals surface area contributed by atoms with Crippen LogP contribution in [0.3, 0.4) is 0 Å². The molecule has 4 unspecified atom stereocenters. The molecule has 0 saturated carbocycles. The van der Waals surface area contributed by atoms with Crippen LogP contribution >= 0.6 is 0 Å². The van der Waals surface area contributed by atoms with Gasteiger partial charge in [-0.15, -0.1) is 6.58 Å². The number of hydrogen-bond donors (Lipinski definition) is 4. The molecule has 50 heavy (non-hydrogen) atoms. The van der Waals surface area contributed by atoms with Gasteiger partial charge in [0.2, 0.25) is 17.6 Å². The summed E-state index contributed by atoms with van der Waals surface area (Å²) in [7, 11) is 1.61. The van der Waals surface area contributed by atoms with E-state index in [0.29, 0.717) is 31.7 Å². The van der Waals surface area contributed by atoms with Gasteiger partial charge in [-0.25, -0.2) is 0 Å². The van der Waals surface area contributed by atoms with Crippen molar-refractivity contribution >= 4 is 23.5 Å². The predicted molar refractivity (Wildman–Crippen MR) is 186 cm³/mol. The second-order valence-corrected chi connectivity index (χ2v) is 14.8. The molecule has 5 atom stereocenters. The number of ether oxygens (including phenoxy) is 1. The van der Waals surface area contributed by atoms with Crippen molar-refractivity contribution < 1.29 is 37.1 Å². The summed E-state index contributed by atoms with van der Waals surface area (Å²) in [5, 5.41) is 11.4. The number of nitrogens with one attached hydrogen (secondary N) is 4. The first-order valence-electron chi connectivity index (χ1n) is 17.3. The number of alkyl halides is 3. The standard InChI is InChI=1S/C37H54F3N5O5/c1-9-17-41-34(48)32(46)28(14-16-37(38,39)40)44-33(47)31-27(22(2)3)15-18-45(31)35(49)30(26-19-24-12-10-11-13-25(24)20-26)43-23(4)42-29(21-50-8)36(5,6)7/h9-13,22,26-31,42-43H,1,4,14-21H2,2-3,5-8H3,(H,41,48)(H,44,47)/t27-,28?,29?,30?,31?/m1/s1. The molecule has 2 aliphatic rings. The van der Waals surface area contributed by atoms with Gasteiger partial charge in [0.25, 0.3) is 5.91 Å². The van der Waals surface area contributed by atoms with Gasteiger partial charge in [0.05, 0.1) is 24.5 Å². The van der Waals surface area contributed by atoms with E-state index >= 15 is 0 Å². The molecule has 0 bridgehead atoms.